The van der Waals surface area contributed by atoms with Crippen molar-refractivity contribution < 1.29 is 4.79 Å². The van der Waals surface area contributed by atoms with E-state index in [2.05, 4.69) is 9.18 Å². The minimum absolute atomic E-state index is 0.122. The van der Waals surface area contributed by atoms with Crippen LogP contribution in [0.2, 0.25) is 0 Å². The van der Waals surface area contributed by atoms with Crippen molar-refractivity contribution in [1.82, 2.24) is 3.11 Å². The van der Waals surface area contributed by atoms with Gasteiger partial charge in [0.1, 0.15) is 0 Å². The Balaban J connectivity index is 1.58. The number of fused-ring (bicyclic) bond motifs is 1. The van der Waals surface area contributed by atoms with Gasteiger partial charge < -0.3 is 0 Å². The van der Waals surface area contributed by atoms with E-state index in [-0.39, 0.29) is 11.4 Å². The molecule has 1 aromatic rings. The van der Waals surface area contributed by atoms with Gasteiger partial charge >= 0.3 is 137 Å². The molecule has 0 spiro atoms. The average molecular weight is 416 g/mol. The van der Waals surface area contributed by atoms with Crippen molar-refractivity contribution in [3.05, 3.63) is 33.4 Å². The maximum atomic E-state index is 13.0. The van der Waals surface area contributed by atoms with Crippen molar-refractivity contribution in [2.45, 2.75) is 44.1 Å². The predicted octanol–water partition coefficient (Wildman–Crippen LogP) is 4.86. The van der Waals surface area contributed by atoms with Crippen molar-refractivity contribution in [3.8, 4) is 0 Å². The first-order valence-corrected chi connectivity index (χ1v) is 12.7. The number of carbonyl (C=O) groups is 1. The molecule has 112 valence electrons. The van der Waals surface area contributed by atoms with E-state index in [1.165, 1.54) is 42.1 Å². The Morgan fingerprint density at radius 3 is 2.19 bits per heavy atom. The summed E-state index contributed by atoms with van der Waals surface area (Å²) in [6.45, 7) is 0. The molecule has 21 heavy (non-hydrogen) atoms. The Morgan fingerprint density at radius 1 is 1.05 bits per heavy atom. The fourth-order valence-corrected chi connectivity index (χ4v) is 11.9. The summed E-state index contributed by atoms with van der Waals surface area (Å²) < 4.78 is 3.40. The quantitative estimate of drug-likeness (QED) is 0.474. The van der Waals surface area contributed by atoms with Crippen LogP contribution in [-0.2, 0) is 0 Å². The number of amides is 1. The number of halogens is 2. The number of benzene rings is 1. The second kappa shape index (κ2) is 4.38. The molecule has 1 heterocycles. The van der Waals surface area contributed by atoms with Crippen LogP contribution in [0.25, 0.3) is 0 Å². The first-order chi connectivity index (χ1) is 10.2. The van der Waals surface area contributed by atoms with Crippen molar-refractivity contribution in [2.75, 3.05) is 0 Å². The maximum absolute atomic E-state index is 13.0. The molecule has 4 heteroatoms. The molecule has 2 nitrogen and oxygen atoms in total. The van der Waals surface area contributed by atoms with E-state index in [9.17, 15) is 4.79 Å². The third-order valence-electron chi connectivity index (χ3n) is 6.02. The molecule has 5 aliphatic rings. The van der Waals surface area contributed by atoms with E-state index in [1.807, 2.05) is 18.2 Å². The molecular formula is C17H19ClINO. The van der Waals surface area contributed by atoms with Gasteiger partial charge in [-0.15, -0.1) is 0 Å². The van der Waals surface area contributed by atoms with Gasteiger partial charge in [0.05, 0.1) is 0 Å². The van der Waals surface area contributed by atoms with Gasteiger partial charge in [-0.2, -0.15) is 0 Å². The van der Waals surface area contributed by atoms with Gasteiger partial charge in [0.25, 0.3) is 0 Å². The van der Waals surface area contributed by atoms with E-state index in [4.69, 9.17) is 8.91 Å². The third-order valence-corrected chi connectivity index (χ3v) is 12.1. The standard InChI is InChI=1S/C17H19ClINO/c18-19-15-4-2-1-3-14(15)16(21)20(19)17-8-11-5-12(9-17)7-13(6-11)10-17/h1-4,11-13H,5-10H2. The second-order valence-electron chi connectivity index (χ2n) is 7.43. The third kappa shape index (κ3) is 1.73. The molecule has 6 rings (SSSR count). The van der Waals surface area contributed by atoms with Crippen LogP contribution in [0.5, 0.6) is 0 Å². The van der Waals surface area contributed by atoms with Crippen molar-refractivity contribution >= 4 is 33.8 Å². The Kier molecular flexibility index (Phi) is 2.75. The Hall–Kier alpha value is -0.290. The molecule has 0 atom stereocenters. The molecular weight excluding hydrogens is 397 g/mol. The second-order valence-corrected chi connectivity index (χ2v) is 12.6. The monoisotopic (exact) mass is 415 g/mol. The summed E-state index contributed by atoms with van der Waals surface area (Å²) in [5, 5.41) is 0. The molecule has 4 aliphatic carbocycles. The number of nitrogens with zero attached hydrogens (tertiary/aromatic N) is 1. The van der Waals surface area contributed by atoms with Gasteiger partial charge in [0, 0.05) is 0 Å². The van der Waals surface area contributed by atoms with Crippen LogP contribution in [0, 0.1) is 21.3 Å². The van der Waals surface area contributed by atoms with Crippen LogP contribution in [0.4, 0.5) is 0 Å². The predicted molar refractivity (Wildman–Crippen MR) is 92.1 cm³/mol. The van der Waals surface area contributed by atoms with Gasteiger partial charge in [-0.1, -0.05) is 0 Å². The summed E-state index contributed by atoms with van der Waals surface area (Å²) in [6.07, 6.45) is 7.89. The zero-order valence-electron chi connectivity index (χ0n) is 11.9. The van der Waals surface area contributed by atoms with E-state index in [1.54, 1.807) is 0 Å². The van der Waals surface area contributed by atoms with Gasteiger partial charge in [0.15, 0.2) is 0 Å². The molecule has 4 bridgehead atoms. The first kappa shape index (κ1) is 13.2. The molecule has 1 aromatic carbocycles. The summed E-state index contributed by atoms with van der Waals surface area (Å²) in [6, 6.07) is 8.07. The molecule has 0 N–H and O–H groups in total. The summed E-state index contributed by atoms with van der Waals surface area (Å²) in [7, 11) is 6.90. The SMILES string of the molecule is O=C1c2ccccc2I(Cl)N1C12CC3CC(CC(C3)C1)C2. The number of hydrogen-bond donors (Lipinski definition) is 0. The fourth-order valence-electron chi connectivity index (χ4n) is 5.71. The molecule has 1 amide bonds. The molecule has 1 aliphatic heterocycles. The zero-order chi connectivity index (χ0) is 14.2. The average Bonchev–Trinajstić information content (AvgIpc) is 2.70. The fraction of sp³-hybridized carbons (Fsp3) is 0.588. The Labute approximate surface area is 136 Å². The first-order valence-electron chi connectivity index (χ1n) is 7.96. The van der Waals surface area contributed by atoms with E-state index in [0.717, 1.165) is 23.3 Å². The summed E-state index contributed by atoms with van der Waals surface area (Å²) >= 11 is -2.02. The Bertz CT molecular complexity index is 596. The number of carbonyl (C=O) groups excluding carboxylic acids is 1. The Morgan fingerprint density at radius 2 is 1.62 bits per heavy atom. The van der Waals surface area contributed by atoms with Crippen molar-refractivity contribution in [1.29, 1.82) is 0 Å². The topological polar surface area (TPSA) is 20.3 Å². The van der Waals surface area contributed by atoms with Gasteiger partial charge in [0.2, 0.25) is 0 Å². The summed E-state index contributed by atoms with van der Waals surface area (Å²) in [5.74, 6) is 2.81. The molecule has 0 radical (unpaired) electrons. The van der Waals surface area contributed by atoms with Crippen LogP contribution < -0.4 is 0 Å². The van der Waals surface area contributed by atoms with Gasteiger partial charge in [-0.05, 0) is 0 Å². The molecule has 0 saturated heterocycles. The normalized spacial score (nSPS) is 41.8. The molecule has 0 unspecified atom stereocenters. The molecule has 4 saturated carbocycles. The molecule has 4 fully saturated rings. The van der Waals surface area contributed by atoms with Gasteiger partial charge in [-0.3, -0.25) is 0 Å². The summed E-state index contributed by atoms with van der Waals surface area (Å²) in [4.78, 5) is 13.0. The van der Waals surface area contributed by atoms with Gasteiger partial charge in [-0.25, -0.2) is 0 Å². The van der Waals surface area contributed by atoms with Crippen molar-refractivity contribution in [2.24, 2.45) is 17.8 Å². The van der Waals surface area contributed by atoms with Crippen LogP contribution >= 0.6 is 27.9 Å². The van der Waals surface area contributed by atoms with Crippen LogP contribution in [0.3, 0.4) is 0 Å². The van der Waals surface area contributed by atoms with E-state index in [0.29, 0.717) is 0 Å². The van der Waals surface area contributed by atoms with Crippen LogP contribution in [0.15, 0.2) is 24.3 Å². The van der Waals surface area contributed by atoms with Crippen molar-refractivity contribution in [3.63, 3.8) is 0 Å². The van der Waals surface area contributed by atoms with E-state index < -0.39 is 19.0 Å². The number of hydrogen-bond acceptors (Lipinski definition) is 1. The summed E-state index contributed by atoms with van der Waals surface area (Å²) in [5.41, 5.74) is 1.02. The van der Waals surface area contributed by atoms with Crippen LogP contribution in [0.1, 0.15) is 48.9 Å². The number of rotatable bonds is 1. The minimum atomic E-state index is -2.02. The molecule has 0 aromatic heterocycles. The van der Waals surface area contributed by atoms with E-state index >= 15 is 0 Å². The zero-order valence-corrected chi connectivity index (χ0v) is 14.8. The van der Waals surface area contributed by atoms with Crippen LogP contribution in [-0.4, -0.2) is 14.6 Å².